The second-order valence-corrected chi connectivity index (χ2v) is 6.31. The van der Waals surface area contributed by atoms with Gasteiger partial charge in [0.2, 0.25) is 0 Å². The van der Waals surface area contributed by atoms with Gasteiger partial charge in [-0.25, -0.2) is 0 Å². The molecule has 1 heterocycles. The Kier molecular flexibility index (Phi) is 3.78. The summed E-state index contributed by atoms with van der Waals surface area (Å²) in [4.78, 5) is 0. The van der Waals surface area contributed by atoms with Crippen molar-refractivity contribution in [3.8, 4) is 0 Å². The summed E-state index contributed by atoms with van der Waals surface area (Å²) in [6, 6.07) is 6.44. The molecule has 0 radical (unpaired) electrons. The lowest BCUT2D eigenvalue weighted by molar-refractivity contribution is 0.00578. The van der Waals surface area contributed by atoms with E-state index in [0.717, 1.165) is 12.0 Å². The van der Waals surface area contributed by atoms with E-state index in [4.69, 9.17) is 9.31 Å². The van der Waals surface area contributed by atoms with Gasteiger partial charge in [-0.15, -0.1) is 0 Å². The first-order chi connectivity index (χ1) is 8.77. The highest BCUT2D eigenvalue weighted by atomic mass is 16.7. The van der Waals surface area contributed by atoms with E-state index in [2.05, 4.69) is 58.1 Å². The fourth-order valence-electron chi connectivity index (χ4n) is 2.29. The van der Waals surface area contributed by atoms with Crippen LogP contribution in [0.4, 0.5) is 0 Å². The summed E-state index contributed by atoms with van der Waals surface area (Å²) in [7, 11) is 1.69. The molecule has 4 heteroatoms. The quantitative estimate of drug-likeness (QED) is 0.844. The molecule has 0 bridgehead atoms. The van der Waals surface area contributed by atoms with Crippen molar-refractivity contribution in [1.82, 2.24) is 5.32 Å². The molecule has 2 rings (SSSR count). The van der Waals surface area contributed by atoms with E-state index < -0.39 is 0 Å². The summed E-state index contributed by atoms with van der Waals surface area (Å²) < 4.78 is 12.2. The largest absolute Gasteiger partial charge is 0.495 e. The minimum atomic E-state index is -0.284. The Balaban J connectivity index is 2.25. The van der Waals surface area contributed by atoms with Gasteiger partial charge < -0.3 is 14.6 Å². The molecule has 0 unspecified atom stereocenters. The van der Waals surface area contributed by atoms with Crippen LogP contribution in [0, 0.1) is 6.92 Å². The minimum absolute atomic E-state index is 0.270. The molecule has 104 valence electrons. The van der Waals surface area contributed by atoms with Gasteiger partial charge in [0.15, 0.2) is 0 Å². The standard InChI is InChI=1S/C15H24BNO2/c1-11-9-12(10-17-6)7-8-13(11)16-18-14(2,3)15(4,5)19-16/h7-9,17H,10H2,1-6H3. The topological polar surface area (TPSA) is 30.5 Å². The second kappa shape index (κ2) is 4.93. The van der Waals surface area contributed by atoms with E-state index in [-0.39, 0.29) is 18.3 Å². The van der Waals surface area contributed by atoms with Crippen LogP contribution < -0.4 is 10.8 Å². The Bertz CT molecular complexity index is 455. The Hall–Kier alpha value is -0.835. The first-order valence-corrected chi connectivity index (χ1v) is 6.86. The van der Waals surface area contributed by atoms with Crippen LogP contribution in [0.2, 0.25) is 0 Å². The lowest BCUT2D eigenvalue weighted by atomic mass is 9.76. The normalized spacial score (nSPS) is 20.8. The van der Waals surface area contributed by atoms with Crippen LogP contribution in [-0.2, 0) is 15.9 Å². The molecule has 1 fully saturated rings. The number of aryl methyl sites for hydroxylation is 1. The molecule has 1 N–H and O–H groups in total. The first kappa shape index (κ1) is 14.6. The third-order valence-corrected chi connectivity index (χ3v) is 4.22. The van der Waals surface area contributed by atoms with E-state index in [1.807, 2.05) is 7.05 Å². The molecule has 0 spiro atoms. The third kappa shape index (κ3) is 2.71. The maximum Gasteiger partial charge on any atom is 0.495 e. The highest BCUT2D eigenvalue weighted by Gasteiger charge is 2.51. The van der Waals surface area contributed by atoms with Crippen molar-refractivity contribution in [2.45, 2.75) is 52.4 Å². The van der Waals surface area contributed by atoms with Crippen molar-refractivity contribution in [2.75, 3.05) is 7.05 Å². The lowest BCUT2D eigenvalue weighted by Gasteiger charge is -2.32. The fourth-order valence-corrected chi connectivity index (χ4v) is 2.29. The molecule has 0 atom stereocenters. The van der Waals surface area contributed by atoms with Crippen molar-refractivity contribution in [2.24, 2.45) is 0 Å². The summed E-state index contributed by atoms with van der Waals surface area (Å²) in [6.07, 6.45) is 0. The maximum atomic E-state index is 6.09. The highest BCUT2D eigenvalue weighted by molar-refractivity contribution is 6.62. The molecule has 1 saturated heterocycles. The molecule has 1 aliphatic rings. The van der Waals surface area contributed by atoms with Crippen molar-refractivity contribution in [3.63, 3.8) is 0 Å². The number of hydrogen-bond acceptors (Lipinski definition) is 3. The molecular weight excluding hydrogens is 237 g/mol. The molecular formula is C15H24BNO2. The third-order valence-electron chi connectivity index (χ3n) is 4.22. The number of nitrogens with one attached hydrogen (secondary N) is 1. The predicted octanol–water partition coefficient (Wildman–Crippen LogP) is 2.01. The lowest BCUT2D eigenvalue weighted by Crippen LogP contribution is -2.41. The van der Waals surface area contributed by atoms with Crippen LogP contribution in [0.5, 0.6) is 0 Å². The molecule has 0 aliphatic carbocycles. The number of benzene rings is 1. The van der Waals surface area contributed by atoms with Gasteiger partial charge in [-0.2, -0.15) is 0 Å². The summed E-state index contributed by atoms with van der Waals surface area (Å²) in [5.41, 5.74) is 3.05. The molecule has 1 aliphatic heterocycles. The van der Waals surface area contributed by atoms with E-state index in [9.17, 15) is 0 Å². The zero-order valence-electron chi connectivity index (χ0n) is 12.8. The van der Waals surface area contributed by atoms with Crippen molar-refractivity contribution < 1.29 is 9.31 Å². The van der Waals surface area contributed by atoms with Crippen molar-refractivity contribution in [3.05, 3.63) is 29.3 Å². The van der Waals surface area contributed by atoms with Gasteiger partial charge in [-0.3, -0.25) is 0 Å². The number of hydrogen-bond donors (Lipinski definition) is 1. The minimum Gasteiger partial charge on any atom is -0.399 e. The molecule has 3 nitrogen and oxygen atoms in total. The molecule has 19 heavy (non-hydrogen) atoms. The molecule has 0 saturated carbocycles. The fraction of sp³-hybridized carbons (Fsp3) is 0.600. The Morgan fingerprint density at radius 3 is 2.16 bits per heavy atom. The summed E-state index contributed by atoms with van der Waals surface area (Å²) in [6.45, 7) is 11.3. The summed E-state index contributed by atoms with van der Waals surface area (Å²) in [5.74, 6) is 0. The smallest absolute Gasteiger partial charge is 0.399 e. The van der Waals surface area contributed by atoms with Crippen LogP contribution in [-0.4, -0.2) is 25.4 Å². The van der Waals surface area contributed by atoms with Crippen LogP contribution in [0.1, 0.15) is 38.8 Å². The first-order valence-electron chi connectivity index (χ1n) is 6.86. The van der Waals surface area contributed by atoms with Gasteiger partial charge in [-0.1, -0.05) is 23.8 Å². The Morgan fingerprint density at radius 1 is 1.11 bits per heavy atom. The molecule has 1 aromatic rings. The average molecular weight is 261 g/mol. The molecule has 0 amide bonds. The summed E-state index contributed by atoms with van der Waals surface area (Å²) >= 11 is 0. The van der Waals surface area contributed by atoms with Gasteiger partial charge in [0.25, 0.3) is 0 Å². The van der Waals surface area contributed by atoms with E-state index in [0.29, 0.717) is 0 Å². The van der Waals surface area contributed by atoms with Gasteiger partial charge >= 0.3 is 7.12 Å². The maximum absolute atomic E-state index is 6.09. The Morgan fingerprint density at radius 2 is 1.68 bits per heavy atom. The van der Waals surface area contributed by atoms with Crippen molar-refractivity contribution >= 4 is 12.6 Å². The highest BCUT2D eigenvalue weighted by Crippen LogP contribution is 2.36. The molecule has 0 aromatic heterocycles. The second-order valence-electron chi connectivity index (χ2n) is 6.31. The predicted molar refractivity (Wildman–Crippen MR) is 79.7 cm³/mol. The van der Waals surface area contributed by atoms with Gasteiger partial charge in [0, 0.05) is 6.54 Å². The average Bonchev–Trinajstić information content (AvgIpc) is 2.48. The van der Waals surface area contributed by atoms with Gasteiger partial charge in [0.05, 0.1) is 11.2 Å². The van der Waals surface area contributed by atoms with Crippen LogP contribution in [0.15, 0.2) is 18.2 Å². The van der Waals surface area contributed by atoms with Crippen LogP contribution in [0.25, 0.3) is 0 Å². The Labute approximate surface area is 116 Å². The van der Waals surface area contributed by atoms with Crippen molar-refractivity contribution in [1.29, 1.82) is 0 Å². The zero-order chi connectivity index (χ0) is 14.3. The zero-order valence-corrected chi connectivity index (χ0v) is 12.8. The van der Waals surface area contributed by atoms with Gasteiger partial charge in [-0.05, 0) is 52.7 Å². The molecule has 1 aromatic carbocycles. The summed E-state index contributed by atoms with van der Waals surface area (Å²) in [5, 5.41) is 3.16. The van der Waals surface area contributed by atoms with Gasteiger partial charge in [0.1, 0.15) is 0 Å². The number of rotatable bonds is 3. The van der Waals surface area contributed by atoms with Crippen LogP contribution >= 0.6 is 0 Å². The van der Waals surface area contributed by atoms with E-state index in [1.54, 1.807) is 0 Å². The SMILES string of the molecule is CNCc1ccc(B2OC(C)(C)C(C)(C)O2)c(C)c1. The van der Waals surface area contributed by atoms with E-state index >= 15 is 0 Å². The van der Waals surface area contributed by atoms with E-state index in [1.165, 1.54) is 11.1 Å². The monoisotopic (exact) mass is 261 g/mol. The van der Waals surface area contributed by atoms with Crippen LogP contribution in [0.3, 0.4) is 0 Å².